The number of likely N-dealkylation sites (tertiary alicyclic amines) is 1. The Bertz CT molecular complexity index is 892. The first kappa shape index (κ1) is 17.2. The van der Waals surface area contributed by atoms with Gasteiger partial charge in [0.2, 0.25) is 0 Å². The molecule has 2 aromatic heterocycles. The number of nitrogen functional groups attached to an aromatic ring is 1. The lowest BCUT2D eigenvalue weighted by atomic mass is 10.1. The van der Waals surface area contributed by atoms with Crippen molar-refractivity contribution in [3.8, 4) is 11.3 Å². The number of hydrogen-bond acceptors (Lipinski definition) is 5. The second-order valence-corrected chi connectivity index (χ2v) is 9.33. The SMILES string of the molecule is Nc1ncc(-c2cc(C3[C@H]4CN(C5COC5)C[C@@H]34)n(C3CCCC3)n2)cc1Cl. The molecular formula is C21H26ClN5O. The minimum Gasteiger partial charge on any atom is -0.382 e. The van der Waals surface area contributed by atoms with Crippen molar-refractivity contribution in [1.29, 1.82) is 0 Å². The second kappa shape index (κ2) is 6.44. The Balaban J connectivity index is 1.30. The lowest BCUT2D eigenvalue weighted by molar-refractivity contribution is -0.0610. The predicted octanol–water partition coefficient (Wildman–Crippen LogP) is 3.34. The van der Waals surface area contributed by atoms with Crippen LogP contribution >= 0.6 is 11.6 Å². The van der Waals surface area contributed by atoms with Crippen LogP contribution in [0.3, 0.4) is 0 Å². The minimum absolute atomic E-state index is 0.373. The van der Waals surface area contributed by atoms with E-state index in [-0.39, 0.29) is 0 Å². The van der Waals surface area contributed by atoms with Crippen LogP contribution in [0, 0.1) is 11.8 Å². The number of anilines is 1. The van der Waals surface area contributed by atoms with Crippen LogP contribution in [0.1, 0.15) is 43.3 Å². The average Bonchev–Trinajstić information content (AvgIpc) is 3.15. The normalized spacial score (nSPS) is 30.5. The van der Waals surface area contributed by atoms with Gasteiger partial charge in [0.15, 0.2) is 0 Å². The molecule has 4 aliphatic rings. The molecule has 3 atom stereocenters. The fourth-order valence-corrected chi connectivity index (χ4v) is 5.73. The van der Waals surface area contributed by atoms with Crippen LogP contribution in [0.15, 0.2) is 18.3 Å². The zero-order valence-electron chi connectivity index (χ0n) is 15.9. The maximum Gasteiger partial charge on any atom is 0.142 e. The quantitative estimate of drug-likeness (QED) is 0.853. The largest absolute Gasteiger partial charge is 0.382 e. The molecular weight excluding hydrogens is 374 g/mol. The Labute approximate surface area is 170 Å². The fourth-order valence-electron chi connectivity index (χ4n) is 5.56. The zero-order chi connectivity index (χ0) is 18.8. The number of aromatic nitrogens is 3. The fraction of sp³-hybridized carbons (Fsp3) is 0.619. The summed E-state index contributed by atoms with van der Waals surface area (Å²) >= 11 is 6.22. The van der Waals surface area contributed by atoms with Gasteiger partial charge in [-0.3, -0.25) is 9.58 Å². The van der Waals surface area contributed by atoms with Crippen molar-refractivity contribution in [2.24, 2.45) is 11.8 Å². The molecule has 6 nitrogen and oxygen atoms in total. The van der Waals surface area contributed by atoms with Crippen LogP contribution in [-0.4, -0.2) is 52.0 Å². The monoisotopic (exact) mass is 399 g/mol. The number of halogens is 1. The summed E-state index contributed by atoms with van der Waals surface area (Å²) in [5.41, 5.74) is 9.15. The summed E-state index contributed by atoms with van der Waals surface area (Å²) in [7, 11) is 0. The van der Waals surface area contributed by atoms with E-state index in [1.54, 1.807) is 6.20 Å². The molecule has 7 heteroatoms. The van der Waals surface area contributed by atoms with Crippen molar-refractivity contribution in [2.45, 2.75) is 43.7 Å². The number of rotatable bonds is 4. The van der Waals surface area contributed by atoms with Crippen molar-refractivity contribution < 1.29 is 4.74 Å². The number of nitrogens with zero attached hydrogens (tertiary/aromatic N) is 4. The predicted molar refractivity (Wildman–Crippen MR) is 108 cm³/mol. The molecule has 2 aliphatic carbocycles. The highest BCUT2D eigenvalue weighted by Gasteiger charge is 2.59. The molecule has 0 spiro atoms. The molecule has 28 heavy (non-hydrogen) atoms. The van der Waals surface area contributed by atoms with Crippen LogP contribution in [0.2, 0.25) is 5.02 Å². The van der Waals surface area contributed by atoms with E-state index >= 15 is 0 Å². The number of ether oxygens (including phenoxy) is 1. The van der Waals surface area contributed by atoms with Gasteiger partial charge in [-0.2, -0.15) is 5.10 Å². The molecule has 0 amide bonds. The third-order valence-electron chi connectivity index (χ3n) is 7.30. The molecule has 2 aliphatic heterocycles. The minimum atomic E-state index is 0.373. The van der Waals surface area contributed by atoms with Crippen molar-refractivity contribution in [3.05, 3.63) is 29.0 Å². The first-order chi connectivity index (χ1) is 13.7. The van der Waals surface area contributed by atoms with E-state index in [0.29, 0.717) is 28.8 Å². The zero-order valence-corrected chi connectivity index (χ0v) is 16.7. The van der Waals surface area contributed by atoms with E-state index in [1.165, 1.54) is 44.5 Å². The Morgan fingerprint density at radius 1 is 1.07 bits per heavy atom. The van der Waals surface area contributed by atoms with Gasteiger partial charge in [0, 0.05) is 36.5 Å². The van der Waals surface area contributed by atoms with Crippen LogP contribution in [0.25, 0.3) is 11.3 Å². The standard InChI is InChI=1S/C21H26ClN5O/c22-17-5-12(7-24-21(17)23)18-6-19(27(25-18)13-3-1-2-4-13)20-15-8-26(9-16(15)20)14-10-28-11-14/h5-7,13-16,20H,1-4,8-11H2,(H2,23,24)/t15-,16+,20?. The molecule has 1 unspecified atom stereocenters. The number of fused-ring (bicyclic) bond motifs is 1. The van der Waals surface area contributed by atoms with E-state index in [0.717, 1.165) is 36.3 Å². The molecule has 0 aromatic carbocycles. The van der Waals surface area contributed by atoms with Gasteiger partial charge in [0.05, 0.1) is 36.0 Å². The molecule has 2 saturated heterocycles. The van der Waals surface area contributed by atoms with Crippen molar-refractivity contribution in [3.63, 3.8) is 0 Å². The molecule has 2 N–H and O–H groups in total. The molecule has 4 heterocycles. The highest BCUT2D eigenvalue weighted by Crippen LogP contribution is 2.59. The van der Waals surface area contributed by atoms with E-state index in [2.05, 4.69) is 20.6 Å². The Hall–Kier alpha value is -1.63. The van der Waals surface area contributed by atoms with Crippen LogP contribution in [-0.2, 0) is 4.74 Å². The Kier molecular flexibility index (Phi) is 3.97. The molecule has 0 bridgehead atoms. The van der Waals surface area contributed by atoms with E-state index in [1.807, 2.05) is 6.07 Å². The van der Waals surface area contributed by atoms with Gasteiger partial charge in [-0.15, -0.1) is 0 Å². The van der Waals surface area contributed by atoms with E-state index in [9.17, 15) is 0 Å². The van der Waals surface area contributed by atoms with E-state index in [4.69, 9.17) is 27.2 Å². The summed E-state index contributed by atoms with van der Waals surface area (Å²) in [6, 6.07) is 5.38. The van der Waals surface area contributed by atoms with Gasteiger partial charge in [-0.1, -0.05) is 24.4 Å². The molecule has 6 rings (SSSR count). The molecule has 4 fully saturated rings. The van der Waals surface area contributed by atoms with Crippen LogP contribution in [0.5, 0.6) is 0 Å². The lowest BCUT2D eigenvalue weighted by Crippen LogP contribution is -2.48. The number of hydrogen-bond donors (Lipinski definition) is 1. The summed E-state index contributed by atoms with van der Waals surface area (Å²) in [6.07, 6.45) is 6.88. The van der Waals surface area contributed by atoms with Gasteiger partial charge >= 0.3 is 0 Å². The van der Waals surface area contributed by atoms with Gasteiger partial charge < -0.3 is 10.5 Å². The van der Waals surface area contributed by atoms with E-state index < -0.39 is 0 Å². The molecule has 2 aromatic rings. The maximum atomic E-state index is 6.22. The Morgan fingerprint density at radius 2 is 1.82 bits per heavy atom. The van der Waals surface area contributed by atoms with Crippen molar-refractivity contribution in [2.75, 3.05) is 32.0 Å². The number of nitrogens with two attached hydrogens (primary N) is 1. The van der Waals surface area contributed by atoms with Gasteiger partial charge in [0.25, 0.3) is 0 Å². The summed E-state index contributed by atoms with van der Waals surface area (Å²) in [5, 5.41) is 5.54. The topological polar surface area (TPSA) is 69.2 Å². The van der Waals surface area contributed by atoms with Crippen LogP contribution < -0.4 is 5.73 Å². The smallest absolute Gasteiger partial charge is 0.142 e. The molecule has 2 saturated carbocycles. The second-order valence-electron chi connectivity index (χ2n) is 8.93. The highest BCUT2D eigenvalue weighted by molar-refractivity contribution is 6.33. The first-order valence-electron chi connectivity index (χ1n) is 10.5. The van der Waals surface area contributed by atoms with Gasteiger partial charge in [-0.05, 0) is 36.8 Å². The van der Waals surface area contributed by atoms with Crippen LogP contribution in [0.4, 0.5) is 5.82 Å². The number of piperidine rings is 1. The third kappa shape index (κ3) is 2.69. The maximum absolute atomic E-state index is 6.22. The molecule has 148 valence electrons. The average molecular weight is 400 g/mol. The van der Waals surface area contributed by atoms with Crippen molar-refractivity contribution >= 4 is 17.4 Å². The van der Waals surface area contributed by atoms with Gasteiger partial charge in [0.1, 0.15) is 5.82 Å². The summed E-state index contributed by atoms with van der Waals surface area (Å²) in [6.45, 7) is 4.26. The molecule has 0 radical (unpaired) electrons. The first-order valence-corrected chi connectivity index (χ1v) is 10.9. The summed E-state index contributed by atoms with van der Waals surface area (Å²) in [5.74, 6) is 2.57. The Morgan fingerprint density at radius 3 is 2.46 bits per heavy atom. The number of pyridine rings is 1. The van der Waals surface area contributed by atoms with Gasteiger partial charge in [-0.25, -0.2) is 4.98 Å². The summed E-state index contributed by atoms with van der Waals surface area (Å²) < 4.78 is 7.74. The lowest BCUT2D eigenvalue weighted by Gasteiger charge is -2.35. The highest BCUT2D eigenvalue weighted by atomic mass is 35.5. The summed E-state index contributed by atoms with van der Waals surface area (Å²) in [4.78, 5) is 6.87. The van der Waals surface area contributed by atoms with Crippen molar-refractivity contribution in [1.82, 2.24) is 19.7 Å². The third-order valence-corrected chi connectivity index (χ3v) is 7.60.